The second kappa shape index (κ2) is 9.99. The molecule has 3 aromatic rings. The maximum Gasteiger partial charge on any atom is 0.264 e. The molecule has 34 heavy (non-hydrogen) atoms. The number of thiophene rings is 1. The van der Waals surface area contributed by atoms with E-state index in [4.69, 9.17) is 0 Å². The van der Waals surface area contributed by atoms with Crippen molar-refractivity contribution in [3.8, 4) is 0 Å². The number of carbonyl (C=O) groups excluding carboxylic acids is 2. The summed E-state index contributed by atoms with van der Waals surface area (Å²) in [5.74, 6) is -0.252. The molecule has 1 aromatic heterocycles. The minimum Gasteiger partial charge on any atom is -0.335 e. The number of hydrogen-bond acceptors (Lipinski definition) is 5. The smallest absolute Gasteiger partial charge is 0.264 e. The third-order valence-corrected chi connectivity index (χ3v) is 8.69. The average Bonchev–Trinajstić information content (AvgIpc) is 3.30. The summed E-state index contributed by atoms with van der Waals surface area (Å²) in [5, 5.41) is 0. The second-order valence-electron chi connectivity index (χ2n) is 8.03. The summed E-state index contributed by atoms with van der Waals surface area (Å²) in [5.41, 5.74) is 0.891. The van der Waals surface area contributed by atoms with Crippen molar-refractivity contribution in [2.24, 2.45) is 0 Å². The van der Waals surface area contributed by atoms with E-state index in [1.54, 1.807) is 53.1 Å². The maximum atomic E-state index is 13.3. The van der Waals surface area contributed by atoms with Crippen LogP contribution in [0, 0.1) is 6.92 Å². The van der Waals surface area contributed by atoms with Crippen LogP contribution in [0.5, 0.6) is 0 Å². The zero-order chi connectivity index (χ0) is 24.3. The van der Waals surface area contributed by atoms with E-state index in [1.165, 1.54) is 27.8 Å². The van der Waals surface area contributed by atoms with Gasteiger partial charge in [0.2, 0.25) is 0 Å². The van der Waals surface area contributed by atoms with Gasteiger partial charge in [-0.2, -0.15) is 0 Å². The molecule has 178 valence electrons. The van der Waals surface area contributed by atoms with Gasteiger partial charge in [0.25, 0.3) is 21.8 Å². The van der Waals surface area contributed by atoms with Gasteiger partial charge in [0.1, 0.15) is 0 Å². The van der Waals surface area contributed by atoms with E-state index in [9.17, 15) is 18.0 Å². The Bertz CT molecular complexity index is 1280. The summed E-state index contributed by atoms with van der Waals surface area (Å²) in [7, 11) is -3.83. The van der Waals surface area contributed by atoms with E-state index in [1.807, 2.05) is 25.1 Å². The van der Waals surface area contributed by atoms with Crippen molar-refractivity contribution >= 4 is 38.9 Å². The minimum atomic E-state index is -3.83. The normalized spacial score (nSPS) is 14.2. The molecule has 0 aliphatic carbocycles. The quantitative estimate of drug-likeness (QED) is 0.518. The van der Waals surface area contributed by atoms with Gasteiger partial charge in [0.05, 0.1) is 15.5 Å². The number of aryl methyl sites for hydroxylation is 1. The number of hydrogen-bond donors (Lipinski definition) is 0. The fourth-order valence-electron chi connectivity index (χ4n) is 4.00. The van der Waals surface area contributed by atoms with Crippen LogP contribution in [0.25, 0.3) is 0 Å². The lowest BCUT2D eigenvalue weighted by atomic mass is 10.2. The summed E-state index contributed by atoms with van der Waals surface area (Å²) in [4.78, 5) is 31.1. The van der Waals surface area contributed by atoms with Gasteiger partial charge in [-0.25, -0.2) is 8.42 Å². The maximum absolute atomic E-state index is 13.3. The SMILES string of the molecule is CCN(c1ccccc1)S(=O)(=O)c1cccc(C(=O)N2CCN(C(=O)c3ccc(C)s3)CC2)c1. The van der Waals surface area contributed by atoms with Crippen molar-refractivity contribution in [2.45, 2.75) is 18.7 Å². The van der Waals surface area contributed by atoms with Crippen LogP contribution in [-0.2, 0) is 10.0 Å². The first-order valence-electron chi connectivity index (χ1n) is 11.1. The van der Waals surface area contributed by atoms with E-state index in [-0.39, 0.29) is 23.3 Å². The Kier molecular flexibility index (Phi) is 7.04. The van der Waals surface area contributed by atoms with Crippen molar-refractivity contribution in [3.63, 3.8) is 0 Å². The Morgan fingerprint density at radius 2 is 1.53 bits per heavy atom. The highest BCUT2D eigenvalue weighted by Crippen LogP contribution is 2.24. The fraction of sp³-hybridized carbons (Fsp3) is 0.280. The van der Waals surface area contributed by atoms with Crippen molar-refractivity contribution in [3.05, 3.63) is 82.0 Å². The lowest BCUT2D eigenvalue weighted by molar-refractivity contribution is 0.0538. The summed E-state index contributed by atoms with van der Waals surface area (Å²) in [6.07, 6.45) is 0. The van der Waals surface area contributed by atoms with Crippen LogP contribution in [0.2, 0.25) is 0 Å². The van der Waals surface area contributed by atoms with E-state index in [0.29, 0.717) is 42.3 Å². The number of rotatable bonds is 6. The minimum absolute atomic E-state index is 0.0149. The Hall–Kier alpha value is -3.17. The van der Waals surface area contributed by atoms with Crippen molar-refractivity contribution in [2.75, 3.05) is 37.0 Å². The molecule has 0 unspecified atom stereocenters. The van der Waals surface area contributed by atoms with E-state index in [0.717, 1.165) is 4.88 Å². The molecule has 1 saturated heterocycles. The highest BCUT2D eigenvalue weighted by molar-refractivity contribution is 7.92. The van der Waals surface area contributed by atoms with Gasteiger partial charge in [-0.15, -0.1) is 11.3 Å². The number of nitrogens with zero attached hydrogens (tertiary/aromatic N) is 3. The Morgan fingerprint density at radius 3 is 2.12 bits per heavy atom. The lowest BCUT2D eigenvalue weighted by Gasteiger charge is -2.34. The summed E-state index contributed by atoms with van der Waals surface area (Å²) in [6, 6.07) is 18.8. The molecular weight excluding hydrogens is 470 g/mol. The van der Waals surface area contributed by atoms with Gasteiger partial charge in [-0.3, -0.25) is 13.9 Å². The first-order valence-corrected chi connectivity index (χ1v) is 13.4. The molecule has 2 aromatic carbocycles. The third-order valence-electron chi connectivity index (χ3n) is 5.81. The number of sulfonamides is 1. The van der Waals surface area contributed by atoms with Crippen LogP contribution in [0.15, 0.2) is 71.6 Å². The van der Waals surface area contributed by atoms with Gasteiger partial charge in [0.15, 0.2) is 0 Å². The second-order valence-corrected chi connectivity index (χ2v) is 11.2. The van der Waals surface area contributed by atoms with Gasteiger partial charge < -0.3 is 9.80 Å². The fourth-order valence-corrected chi connectivity index (χ4v) is 6.36. The standard InChI is InChI=1S/C25H27N3O4S2/c1-3-28(21-9-5-4-6-10-21)34(31,32)22-11-7-8-20(18-22)24(29)26-14-16-27(17-15-26)25(30)23-13-12-19(2)33-23/h4-13,18H,3,14-17H2,1-2H3. The monoisotopic (exact) mass is 497 g/mol. The average molecular weight is 498 g/mol. The molecule has 1 aliphatic heterocycles. The predicted molar refractivity (Wildman–Crippen MR) is 134 cm³/mol. The number of anilines is 1. The Labute approximate surface area is 204 Å². The first kappa shape index (κ1) is 24.0. The summed E-state index contributed by atoms with van der Waals surface area (Å²) in [6.45, 7) is 5.69. The zero-order valence-electron chi connectivity index (χ0n) is 19.2. The van der Waals surface area contributed by atoms with Gasteiger partial charge in [-0.05, 0) is 56.3 Å². The Balaban J connectivity index is 1.47. The number of para-hydroxylation sites is 1. The van der Waals surface area contributed by atoms with E-state index < -0.39 is 10.0 Å². The van der Waals surface area contributed by atoms with Gasteiger partial charge >= 0.3 is 0 Å². The van der Waals surface area contributed by atoms with Crippen LogP contribution in [0.4, 0.5) is 5.69 Å². The largest absolute Gasteiger partial charge is 0.335 e. The molecule has 0 bridgehead atoms. The number of benzene rings is 2. The number of carbonyl (C=O) groups is 2. The highest BCUT2D eigenvalue weighted by Gasteiger charge is 2.28. The topological polar surface area (TPSA) is 78.0 Å². The first-order chi connectivity index (χ1) is 16.3. The molecular formula is C25H27N3O4S2. The molecule has 0 N–H and O–H groups in total. The van der Waals surface area contributed by atoms with Crippen LogP contribution in [-0.4, -0.2) is 62.8 Å². The Morgan fingerprint density at radius 1 is 0.882 bits per heavy atom. The molecule has 2 heterocycles. The summed E-state index contributed by atoms with van der Waals surface area (Å²) < 4.78 is 28.0. The molecule has 7 nitrogen and oxygen atoms in total. The molecule has 0 spiro atoms. The van der Waals surface area contributed by atoms with E-state index in [2.05, 4.69) is 0 Å². The van der Waals surface area contributed by atoms with Crippen LogP contribution in [0.3, 0.4) is 0 Å². The molecule has 0 atom stereocenters. The van der Waals surface area contributed by atoms with Gasteiger partial charge in [-0.1, -0.05) is 24.3 Å². The van der Waals surface area contributed by atoms with Gasteiger partial charge in [0, 0.05) is 43.2 Å². The highest BCUT2D eigenvalue weighted by atomic mass is 32.2. The van der Waals surface area contributed by atoms with Crippen molar-refractivity contribution in [1.82, 2.24) is 9.80 Å². The number of piperazine rings is 1. The zero-order valence-corrected chi connectivity index (χ0v) is 20.8. The lowest BCUT2D eigenvalue weighted by Crippen LogP contribution is -2.50. The predicted octanol–water partition coefficient (Wildman–Crippen LogP) is 3.87. The molecule has 1 aliphatic rings. The molecule has 1 fully saturated rings. The van der Waals surface area contributed by atoms with E-state index >= 15 is 0 Å². The molecule has 0 radical (unpaired) electrons. The summed E-state index contributed by atoms with van der Waals surface area (Å²) >= 11 is 1.47. The number of amides is 2. The van der Waals surface area contributed by atoms with Crippen molar-refractivity contribution < 1.29 is 18.0 Å². The molecule has 0 saturated carbocycles. The third kappa shape index (κ3) is 4.85. The van der Waals surface area contributed by atoms with Crippen LogP contribution < -0.4 is 4.31 Å². The van der Waals surface area contributed by atoms with Crippen LogP contribution in [0.1, 0.15) is 31.8 Å². The molecule has 9 heteroatoms. The van der Waals surface area contributed by atoms with Crippen molar-refractivity contribution in [1.29, 1.82) is 0 Å². The molecule has 2 amide bonds. The van der Waals surface area contributed by atoms with Crippen LogP contribution >= 0.6 is 11.3 Å². The molecule has 4 rings (SSSR count).